The van der Waals surface area contributed by atoms with Crippen LogP contribution in [0.4, 0.5) is 0 Å². The Bertz CT molecular complexity index is 898. The molecule has 1 aliphatic heterocycles. The molecule has 2 heterocycles. The minimum absolute atomic E-state index is 0.187. The highest BCUT2D eigenvalue weighted by Gasteiger charge is 1.95. The van der Waals surface area contributed by atoms with Gasteiger partial charge in [-0.05, 0) is 35.9 Å². The molecule has 1 aliphatic rings. The molecule has 0 fully saturated rings. The minimum atomic E-state index is -0.212. The van der Waals surface area contributed by atoms with Crippen molar-refractivity contribution in [2.75, 3.05) is 0 Å². The maximum absolute atomic E-state index is 11.8. The number of imidazole rings is 1. The van der Waals surface area contributed by atoms with Gasteiger partial charge in [-0.15, -0.1) is 0 Å². The molecule has 104 valence electrons. The Balaban J connectivity index is 1.98. The van der Waals surface area contributed by atoms with E-state index in [2.05, 4.69) is 20.0 Å². The van der Waals surface area contributed by atoms with Crippen LogP contribution < -0.4 is 16.4 Å². The summed E-state index contributed by atoms with van der Waals surface area (Å²) in [6, 6.07) is 6.59. The van der Waals surface area contributed by atoms with Crippen LogP contribution in [0.5, 0.6) is 5.75 Å². The van der Waals surface area contributed by atoms with Crippen molar-refractivity contribution in [1.29, 1.82) is 0 Å². The number of benzene rings is 1. The topological polar surface area (TPSA) is 93.6 Å². The first-order chi connectivity index (χ1) is 10.2. The summed E-state index contributed by atoms with van der Waals surface area (Å²) < 4.78 is 0. The molecule has 0 amide bonds. The first-order valence-electron chi connectivity index (χ1n) is 6.27. The number of phenols is 1. The van der Waals surface area contributed by atoms with E-state index in [1.165, 1.54) is 6.34 Å². The van der Waals surface area contributed by atoms with Gasteiger partial charge in [0.2, 0.25) is 0 Å². The highest BCUT2D eigenvalue weighted by molar-refractivity contribution is 5.92. The Morgan fingerprint density at radius 1 is 1.10 bits per heavy atom. The van der Waals surface area contributed by atoms with Crippen molar-refractivity contribution in [2.45, 2.75) is 0 Å². The van der Waals surface area contributed by atoms with E-state index < -0.39 is 0 Å². The summed E-state index contributed by atoms with van der Waals surface area (Å²) in [5.74, 6) is 0.187. The third kappa shape index (κ3) is 3.06. The third-order valence-electron chi connectivity index (χ3n) is 2.87. The summed E-state index contributed by atoms with van der Waals surface area (Å²) in [6.45, 7) is 0. The lowest BCUT2D eigenvalue weighted by Crippen LogP contribution is -2.22. The summed E-state index contributed by atoms with van der Waals surface area (Å²) in [5.41, 5.74) is 1.90. The molecule has 6 nitrogen and oxygen atoms in total. The fourth-order valence-electron chi connectivity index (χ4n) is 1.84. The normalized spacial score (nSPS) is 17.2. The highest BCUT2D eigenvalue weighted by atomic mass is 16.3. The van der Waals surface area contributed by atoms with Crippen LogP contribution in [0.2, 0.25) is 0 Å². The van der Waals surface area contributed by atoms with Gasteiger partial charge in [-0.25, -0.2) is 9.98 Å². The largest absolute Gasteiger partial charge is 0.508 e. The molecule has 0 atom stereocenters. The van der Waals surface area contributed by atoms with Crippen LogP contribution in [-0.4, -0.2) is 27.6 Å². The number of aromatic nitrogens is 2. The lowest BCUT2D eigenvalue weighted by atomic mass is 10.2. The number of rotatable bonds is 2. The van der Waals surface area contributed by atoms with Crippen LogP contribution in [0.15, 0.2) is 50.8 Å². The predicted octanol–water partition coefficient (Wildman–Crippen LogP) is 0.0145. The minimum Gasteiger partial charge on any atom is -0.508 e. The average Bonchev–Trinajstić information content (AvgIpc) is 3.10. The monoisotopic (exact) mass is 280 g/mol. The van der Waals surface area contributed by atoms with Crippen molar-refractivity contribution < 1.29 is 5.11 Å². The van der Waals surface area contributed by atoms with E-state index in [4.69, 9.17) is 0 Å². The molecule has 6 heteroatoms. The molecule has 0 radical (unpaired) electrons. The smallest absolute Gasteiger partial charge is 0.273 e. The molecule has 0 aliphatic carbocycles. The molecule has 0 unspecified atom stereocenters. The number of hydrogen-bond donors (Lipinski definition) is 3. The third-order valence-corrected chi connectivity index (χ3v) is 2.87. The summed E-state index contributed by atoms with van der Waals surface area (Å²) in [7, 11) is 0. The molecule has 3 rings (SSSR count). The number of aromatic amines is 2. The number of hydrogen-bond acceptors (Lipinski definition) is 4. The van der Waals surface area contributed by atoms with Crippen LogP contribution in [0.3, 0.4) is 0 Å². The maximum atomic E-state index is 11.8. The lowest BCUT2D eigenvalue weighted by Gasteiger charge is -1.92. The average molecular weight is 280 g/mol. The van der Waals surface area contributed by atoms with Crippen LogP contribution in [-0.2, 0) is 0 Å². The second-order valence-electron chi connectivity index (χ2n) is 4.42. The van der Waals surface area contributed by atoms with Crippen molar-refractivity contribution >= 4 is 24.7 Å². The Hall–Kier alpha value is -3.15. The van der Waals surface area contributed by atoms with E-state index >= 15 is 0 Å². The van der Waals surface area contributed by atoms with Crippen molar-refractivity contribution in [1.82, 2.24) is 9.97 Å². The number of aliphatic imine (C=N–C) groups is 2. The Kier molecular flexibility index (Phi) is 3.34. The number of nitrogens with zero attached hydrogens (tertiary/aromatic N) is 2. The van der Waals surface area contributed by atoms with Crippen molar-refractivity contribution in [3.63, 3.8) is 0 Å². The van der Waals surface area contributed by atoms with Gasteiger partial charge in [0, 0.05) is 0 Å². The van der Waals surface area contributed by atoms with Gasteiger partial charge < -0.3 is 15.1 Å². The molecule has 0 spiro atoms. The Labute approximate surface area is 119 Å². The van der Waals surface area contributed by atoms with Crippen molar-refractivity contribution in [3.05, 3.63) is 62.8 Å². The fourth-order valence-corrected chi connectivity index (χ4v) is 1.84. The SMILES string of the molecule is O=c1[nH]c(=CC=C2C=NC=N2)[nH]c1=Cc1ccc(O)cc1. The molecular formula is C15H12N4O2. The second-order valence-corrected chi connectivity index (χ2v) is 4.42. The van der Waals surface area contributed by atoms with Crippen molar-refractivity contribution in [3.8, 4) is 5.75 Å². The van der Waals surface area contributed by atoms with Crippen LogP contribution in [0, 0.1) is 0 Å². The molecular weight excluding hydrogens is 268 g/mol. The van der Waals surface area contributed by atoms with E-state index in [0.717, 1.165) is 11.3 Å². The molecule has 21 heavy (non-hydrogen) atoms. The van der Waals surface area contributed by atoms with E-state index in [0.29, 0.717) is 10.8 Å². The van der Waals surface area contributed by atoms with E-state index in [1.807, 2.05) is 0 Å². The molecule has 0 saturated carbocycles. The van der Waals surface area contributed by atoms with Crippen LogP contribution in [0.25, 0.3) is 12.2 Å². The van der Waals surface area contributed by atoms with Crippen LogP contribution in [0.1, 0.15) is 5.56 Å². The number of nitrogens with one attached hydrogen (secondary N) is 2. The quantitative estimate of drug-likeness (QED) is 0.723. The van der Waals surface area contributed by atoms with Gasteiger partial charge in [0.1, 0.15) is 22.9 Å². The number of H-pyrrole nitrogens is 2. The Morgan fingerprint density at radius 2 is 1.90 bits per heavy atom. The first-order valence-corrected chi connectivity index (χ1v) is 6.27. The molecule has 1 aromatic heterocycles. The lowest BCUT2D eigenvalue weighted by molar-refractivity contribution is 0.475. The molecule has 2 aromatic rings. The van der Waals surface area contributed by atoms with E-state index in [1.54, 1.807) is 48.7 Å². The molecule has 1 aromatic carbocycles. The van der Waals surface area contributed by atoms with Gasteiger partial charge in [0.05, 0.1) is 11.9 Å². The number of phenolic OH excluding ortho intramolecular Hbond substituents is 1. The first kappa shape index (κ1) is 12.9. The van der Waals surface area contributed by atoms with Gasteiger partial charge in [0.25, 0.3) is 5.56 Å². The van der Waals surface area contributed by atoms with E-state index in [9.17, 15) is 9.90 Å². The van der Waals surface area contributed by atoms with Gasteiger partial charge in [-0.2, -0.15) is 0 Å². The van der Waals surface area contributed by atoms with Crippen LogP contribution >= 0.6 is 0 Å². The standard InChI is InChI=1S/C15H12N4O2/c20-12-4-1-10(2-5-12)7-13-15(21)19-14(18-13)6-3-11-8-16-9-17-11/h1-9,18,20H,(H,19,21). The zero-order valence-corrected chi connectivity index (χ0v) is 10.9. The zero-order valence-electron chi connectivity index (χ0n) is 10.9. The summed E-state index contributed by atoms with van der Waals surface area (Å²) in [6.07, 6.45) is 8.26. The highest BCUT2D eigenvalue weighted by Crippen LogP contribution is 2.09. The summed E-state index contributed by atoms with van der Waals surface area (Å²) >= 11 is 0. The molecule has 0 bridgehead atoms. The predicted molar refractivity (Wildman–Crippen MR) is 81.9 cm³/mol. The number of aromatic hydroxyl groups is 1. The molecule has 3 N–H and O–H groups in total. The Morgan fingerprint density at radius 3 is 2.62 bits per heavy atom. The van der Waals surface area contributed by atoms with Gasteiger partial charge in [-0.1, -0.05) is 12.1 Å². The summed E-state index contributed by atoms with van der Waals surface area (Å²) in [4.78, 5) is 25.4. The molecule has 0 saturated heterocycles. The maximum Gasteiger partial charge on any atom is 0.273 e. The summed E-state index contributed by atoms with van der Waals surface area (Å²) in [5, 5.41) is 9.67. The van der Waals surface area contributed by atoms with E-state index in [-0.39, 0.29) is 11.3 Å². The second kappa shape index (κ2) is 5.46. The van der Waals surface area contributed by atoms with Gasteiger partial charge in [-0.3, -0.25) is 4.79 Å². The van der Waals surface area contributed by atoms with Gasteiger partial charge >= 0.3 is 0 Å². The zero-order chi connectivity index (χ0) is 14.7. The van der Waals surface area contributed by atoms with Crippen molar-refractivity contribution in [2.24, 2.45) is 9.98 Å². The number of allylic oxidation sites excluding steroid dienone is 2. The fraction of sp³-hybridized carbons (Fsp3) is 0. The van der Waals surface area contributed by atoms with Gasteiger partial charge in [0.15, 0.2) is 0 Å².